The van der Waals surface area contributed by atoms with Gasteiger partial charge in [-0.2, -0.15) is 0 Å². The number of hydrogen-bond donors (Lipinski definition) is 1. The summed E-state index contributed by atoms with van der Waals surface area (Å²) in [6.45, 7) is 10.6. The van der Waals surface area contributed by atoms with Crippen molar-refractivity contribution in [3.8, 4) is 0 Å². The third-order valence-electron chi connectivity index (χ3n) is 3.08. The molecule has 114 valence electrons. The predicted octanol–water partition coefficient (Wildman–Crippen LogP) is 4.21. The van der Waals surface area contributed by atoms with E-state index in [1.54, 1.807) is 13.8 Å². The first kappa shape index (κ1) is 17.4. The van der Waals surface area contributed by atoms with Gasteiger partial charge in [0.25, 0.3) is 0 Å². The maximum absolute atomic E-state index is 12.6. The van der Waals surface area contributed by atoms with Gasteiger partial charge in [-0.3, -0.25) is 4.57 Å². The highest BCUT2D eigenvalue weighted by molar-refractivity contribution is 7.54. The molecule has 20 heavy (non-hydrogen) atoms. The summed E-state index contributed by atoms with van der Waals surface area (Å²) in [7, 11) is -3.31. The van der Waals surface area contributed by atoms with Crippen molar-refractivity contribution in [2.24, 2.45) is 5.73 Å². The maximum Gasteiger partial charge on any atom is 0.351 e. The van der Waals surface area contributed by atoms with Crippen molar-refractivity contribution in [2.75, 3.05) is 13.2 Å². The molecule has 0 bridgehead atoms. The van der Waals surface area contributed by atoms with E-state index in [-0.39, 0.29) is 5.41 Å². The number of benzene rings is 1. The van der Waals surface area contributed by atoms with Crippen LogP contribution in [0.25, 0.3) is 0 Å². The van der Waals surface area contributed by atoms with E-state index in [0.29, 0.717) is 13.2 Å². The fourth-order valence-electron chi connectivity index (χ4n) is 1.92. The number of nitrogens with two attached hydrogens (primary N) is 1. The molecule has 5 heteroatoms. The van der Waals surface area contributed by atoms with Crippen LogP contribution in [0.3, 0.4) is 0 Å². The van der Waals surface area contributed by atoms with E-state index >= 15 is 0 Å². The zero-order chi connectivity index (χ0) is 15.4. The number of rotatable bonds is 6. The van der Waals surface area contributed by atoms with Crippen molar-refractivity contribution in [2.45, 2.75) is 45.8 Å². The minimum atomic E-state index is -3.31. The Balaban J connectivity index is 3.01. The minimum absolute atomic E-state index is 0.0756. The van der Waals surface area contributed by atoms with Crippen LogP contribution in [0.1, 0.15) is 51.5 Å². The molecule has 1 aromatic rings. The molecule has 0 radical (unpaired) electrons. The third kappa shape index (κ3) is 4.16. The van der Waals surface area contributed by atoms with Gasteiger partial charge in [0.1, 0.15) is 5.78 Å². The monoisotopic (exact) mass is 299 g/mol. The van der Waals surface area contributed by atoms with Crippen LogP contribution in [0, 0.1) is 0 Å². The Morgan fingerprint density at radius 3 is 1.90 bits per heavy atom. The normalized spacial score (nSPS) is 14.3. The van der Waals surface area contributed by atoms with Crippen LogP contribution in [-0.4, -0.2) is 13.2 Å². The van der Waals surface area contributed by atoms with Gasteiger partial charge in [-0.05, 0) is 30.4 Å². The van der Waals surface area contributed by atoms with Crippen molar-refractivity contribution < 1.29 is 13.6 Å². The fourth-order valence-corrected chi connectivity index (χ4v) is 3.57. The first-order valence-corrected chi connectivity index (χ1v) is 8.60. The molecule has 0 fully saturated rings. The van der Waals surface area contributed by atoms with Crippen molar-refractivity contribution in [3.63, 3.8) is 0 Å². The highest BCUT2D eigenvalue weighted by Crippen LogP contribution is 2.58. The maximum atomic E-state index is 12.6. The first-order chi connectivity index (χ1) is 9.24. The predicted molar refractivity (Wildman–Crippen MR) is 82.9 cm³/mol. The Kier molecular flexibility index (Phi) is 5.96. The average Bonchev–Trinajstić information content (AvgIpc) is 2.37. The van der Waals surface area contributed by atoms with Crippen LogP contribution in [0.15, 0.2) is 24.3 Å². The van der Waals surface area contributed by atoms with E-state index in [0.717, 1.165) is 5.56 Å². The zero-order valence-corrected chi connectivity index (χ0v) is 13.9. The average molecular weight is 299 g/mol. The minimum Gasteiger partial charge on any atom is -0.314 e. The van der Waals surface area contributed by atoms with Crippen LogP contribution in [-0.2, 0) is 19.0 Å². The summed E-state index contributed by atoms with van der Waals surface area (Å²) < 4.78 is 23.2. The molecule has 4 nitrogen and oxygen atoms in total. The van der Waals surface area contributed by atoms with Crippen LogP contribution < -0.4 is 5.73 Å². The zero-order valence-electron chi connectivity index (χ0n) is 13.1. The van der Waals surface area contributed by atoms with Crippen molar-refractivity contribution >= 4 is 7.60 Å². The first-order valence-electron chi connectivity index (χ1n) is 6.99. The molecule has 0 aliphatic rings. The smallest absolute Gasteiger partial charge is 0.314 e. The largest absolute Gasteiger partial charge is 0.351 e. The molecule has 1 aromatic carbocycles. The molecule has 0 saturated carbocycles. The number of hydrogen-bond acceptors (Lipinski definition) is 4. The van der Waals surface area contributed by atoms with E-state index in [2.05, 4.69) is 20.8 Å². The molecule has 0 aliphatic heterocycles. The molecule has 0 heterocycles. The molecule has 0 aliphatic carbocycles. The summed E-state index contributed by atoms with van der Waals surface area (Å²) in [5.41, 5.74) is 8.14. The lowest BCUT2D eigenvalue weighted by molar-refractivity contribution is 0.212. The van der Waals surface area contributed by atoms with Gasteiger partial charge in [0, 0.05) is 0 Å². The standard InChI is InChI=1S/C15H26NO3P/c1-6-18-20(17,19-7-2)14(16)12-8-10-13(11-9-12)15(3,4)5/h8-11,14H,6-7,16H2,1-5H3/t14-/m0/s1. The Hall–Kier alpha value is -0.670. The lowest BCUT2D eigenvalue weighted by atomic mass is 9.87. The second-order valence-corrected chi connectivity index (χ2v) is 7.84. The van der Waals surface area contributed by atoms with E-state index in [1.165, 1.54) is 5.56 Å². The lowest BCUT2D eigenvalue weighted by Crippen LogP contribution is -2.16. The van der Waals surface area contributed by atoms with Crippen LogP contribution in [0.4, 0.5) is 0 Å². The highest BCUT2D eigenvalue weighted by Gasteiger charge is 2.33. The van der Waals surface area contributed by atoms with Crippen molar-refractivity contribution in [3.05, 3.63) is 35.4 Å². The third-order valence-corrected chi connectivity index (χ3v) is 5.29. The van der Waals surface area contributed by atoms with E-state index in [9.17, 15) is 4.57 Å². The van der Waals surface area contributed by atoms with Gasteiger partial charge in [-0.25, -0.2) is 0 Å². The van der Waals surface area contributed by atoms with Crippen LogP contribution in [0.5, 0.6) is 0 Å². The summed E-state index contributed by atoms with van der Waals surface area (Å²) in [5, 5.41) is 0. The van der Waals surface area contributed by atoms with Gasteiger partial charge < -0.3 is 14.8 Å². The molecule has 0 amide bonds. The van der Waals surface area contributed by atoms with Gasteiger partial charge in [-0.1, -0.05) is 45.0 Å². The topological polar surface area (TPSA) is 61.5 Å². The second-order valence-electron chi connectivity index (χ2n) is 5.69. The molecule has 2 N–H and O–H groups in total. The van der Waals surface area contributed by atoms with Gasteiger partial charge in [0.15, 0.2) is 0 Å². The summed E-state index contributed by atoms with van der Waals surface area (Å²) in [6.07, 6.45) is 0. The Bertz CT molecular complexity index is 455. The Morgan fingerprint density at radius 2 is 1.55 bits per heavy atom. The molecule has 0 unspecified atom stereocenters. The SMILES string of the molecule is CCOP(=O)(OCC)[C@H](N)c1ccc(C(C)(C)C)cc1. The van der Waals surface area contributed by atoms with Gasteiger partial charge in [0.05, 0.1) is 13.2 Å². The Labute approximate surface area is 122 Å². The Morgan fingerprint density at radius 1 is 1.10 bits per heavy atom. The molecule has 1 atom stereocenters. The molecule has 0 saturated heterocycles. The summed E-state index contributed by atoms with van der Waals surface area (Å²) in [6, 6.07) is 7.82. The van der Waals surface area contributed by atoms with Gasteiger partial charge >= 0.3 is 7.60 Å². The fraction of sp³-hybridized carbons (Fsp3) is 0.600. The summed E-state index contributed by atoms with van der Waals surface area (Å²) in [4.78, 5) is 0. The molecule has 0 spiro atoms. The highest BCUT2D eigenvalue weighted by atomic mass is 31.2. The molecular formula is C15H26NO3P. The van der Waals surface area contributed by atoms with E-state index in [4.69, 9.17) is 14.8 Å². The van der Waals surface area contributed by atoms with Crippen LogP contribution in [0.2, 0.25) is 0 Å². The lowest BCUT2D eigenvalue weighted by Gasteiger charge is -2.24. The second kappa shape index (κ2) is 6.86. The summed E-state index contributed by atoms with van der Waals surface area (Å²) in [5.74, 6) is -0.753. The van der Waals surface area contributed by atoms with E-state index in [1.807, 2.05) is 24.3 Å². The molecule has 1 rings (SSSR count). The summed E-state index contributed by atoms with van der Waals surface area (Å²) >= 11 is 0. The van der Waals surface area contributed by atoms with Crippen LogP contribution >= 0.6 is 7.60 Å². The van der Waals surface area contributed by atoms with Crippen molar-refractivity contribution in [1.82, 2.24) is 0 Å². The van der Waals surface area contributed by atoms with Gasteiger partial charge in [0.2, 0.25) is 0 Å². The molecular weight excluding hydrogens is 273 g/mol. The van der Waals surface area contributed by atoms with E-state index < -0.39 is 13.4 Å². The molecule has 0 aromatic heterocycles. The van der Waals surface area contributed by atoms with Crippen molar-refractivity contribution in [1.29, 1.82) is 0 Å². The van der Waals surface area contributed by atoms with Gasteiger partial charge in [-0.15, -0.1) is 0 Å². The quantitative estimate of drug-likeness (QED) is 0.799.